The van der Waals surface area contributed by atoms with Gasteiger partial charge in [-0.3, -0.25) is 4.31 Å². The van der Waals surface area contributed by atoms with Gasteiger partial charge in [0, 0.05) is 48.4 Å². The molecule has 0 saturated carbocycles. The summed E-state index contributed by atoms with van der Waals surface area (Å²) in [5.74, 6) is 1.63. The topological polar surface area (TPSA) is 72.8 Å². The van der Waals surface area contributed by atoms with Gasteiger partial charge in [0.2, 0.25) is 10.0 Å². The summed E-state index contributed by atoms with van der Waals surface area (Å²) in [5, 5.41) is 5.58. The van der Waals surface area contributed by atoms with Gasteiger partial charge in [-0.15, -0.1) is 0 Å². The van der Waals surface area contributed by atoms with E-state index in [1.54, 1.807) is 0 Å². The van der Waals surface area contributed by atoms with E-state index in [4.69, 9.17) is 9.47 Å². The Morgan fingerprint density at radius 2 is 1.33 bits per heavy atom. The van der Waals surface area contributed by atoms with Crippen LogP contribution >= 0.6 is 0 Å². The van der Waals surface area contributed by atoms with Crippen LogP contribution in [0, 0.1) is 13.0 Å². The molecule has 1 N–H and O–H groups in total. The summed E-state index contributed by atoms with van der Waals surface area (Å²) in [6, 6.07) is 50.4. The molecule has 7 aromatic rings. The van der Waals surface area contributed by atoms with Crippen molar-refractivity contribution in [3.05, 3.63) is 187 Å². The highest BCUT2D eigenvalue weighted by molar-refractivity contribution is 7.92. The van der Waals surface area contributed by atoms with Gasteiger partial charge in [-0.2, -0.15) is 0 Å². The monoisotopic (exact) mass is 707 g/mol. The summed E-state index contributed by atoms with van der Waals surface area (Å²) in [4.78, 5) is 0. The van der Waals surface area contributed by atoms with Gasteiger partial charge < -0.3 is 19.4 Å². The molecule has 6 aromatic carbocycles. The minimum Gasteiger partial charge on any atom is -0.492 e. The molecule has 7 rings (SSSR count). The Morgan fingerprint density at radius 3 is 2.06 bits per heavy atom. The molecule has 0 atom stereocenters. The van der Waals surface area contributed by atoms with Gasteiger partial charge in [-0.1, -0.05) is 103 Å². The van der Waals surface area contributed by atoms with E-state index in [1.165, 1.54) is 16.1 Å². The Morgan fingerprint density at radius 1 is 0.654 bits per heavy atom. The Bertz CT molecular complexity index is 2340. The Hall–Kier alpha value is -5.57. The van der Waals surface area contributed by atoms with Crippen molar-refractivity contribution in [2.24, 2.45) is 0 Å². The summed E-state index contributed by atoms with van der Waals surface area (Å²) in [6.45, 7) is 4.43. The normalized spacial score (nSPS) is 11.6. The van der Waals surface area contributed by atoms with Gasteiger partial charge in [0.15, 0.2) is 0 Å². The van der Waals surface area contributed by atoms with Crippen molar-refractivity contribution in [2.45, 2.75) is 19.7 Å². The first kappa shape index (κ1) is 34.9. The van der Waals surface area contributed by atoms with E-state index in [9.17, 15) is 8.42 Å². The van der Waals surface area contributed by atoms with E-state index >= 15 is 0 Å². The maximum atomic E-state index is 12.7. The van der Waals surface area contributed by atoms with Crippen molar-refractivity contribution in [3.8, 4) is 11.5 Å². The van der Waals surface area contributed by atoms with Gasteiger partial charge in [0.05, 0.1) is 24.0 Å². The second-order valence-electron chi connectivity index (χ2n) is 12.7. The van der Waals surface area contributed by atoms with Crippen LogP contribution in [0.2, 0.25) is 0 Å². The highest BCUT2D eigenvalue weighted by Crippen LogP contribution is 2.35. The van der Waals surface area contributed by atoms with Gasteiger partial charge in [-0.25, -0.2) is 8.42 Å². The fourth-order valence-corrected chi connectivity index (χ4v) is 7.19. The molecule has 2 radical (unpaired) electrons. The average Bonchev–Trinajstić information content (AvgIpc) is 3.46. The standard InChI is InChI=1S/C44H41N3O4S/c1-52(48,49)47(32-36-14-7-3-8-15-36)38-19-11-18-34(28-38)24-25-45-26-27-50-40-20-22-41-42-29-39(51-33-37-16-9-4-10-17-37)21-23-43(42)46(44(41)30-40)31-35-12-5-2-6-13-35/h2-25,28-30,45H,26-27,31-33H2,1H3. The Kier molecular flexibility index (Phi) is 10.9. The Labute approximate surface area is 306 Å². The van der Waals surface area contributed by atoms with Crippen LogP contribution in [0.4, 0.5) is 5.69 Å². The third kappa shape index (κ3) is 8.65. The molecule has 262 valence electrons. The maximum Gasteiger partial charge on any atom is 0.232 e. The molecule has 0 aliphatic carbocycles. The summed E-state index contributed by atoms with van der Waals surface area (Å²) < 4.78 is 41.5. The lowest BCUT2D eigenvalue weighted by Crippen LogP contribution is -2.29. The third-order valence-electron chi connectivity index (χ3n) is 8.88. The first-order valence-corrected chi connectivity index (χ1v) is 19.2. The summed E-state index contributed by atoms with van der Waals surface area (Å²) in [7, 11) is -3.48. The molecule has 0 amide bonds. The minimum absolute atomic E-state index is 0.269. The number of hydrogen-bond acceptors (Lipinski definition) is 5. The fourth-order valence-electron chi connectivity index (χ4n) is 6.31. The molecule has 0 spiro atoms. The van der Waals surface area contributed by atoms with Crippen LogP contribution in [-0.2, 0) is 29.7 Å². The van der Waals surface area contributed by atoms with Crippen LogP contribution in [0.15, 0.2) is 152 Å². The number of rotatable bonds is 16. The van der Waals surface area contributed by atoms with Crippen molar-refractivity contribution in [2.75, 3.05) is 23.7 Å². The molecule has 0 aliphatic heterocycles. The van der Waals surface area contributed by atoms with Crippen LogP contribution in [-0.4, -0.2) is 32.4 Å². The van der Waals surface area contributed by atoms with Crippen molar-refractivity contribution < 1.29 is 17.9 Å². The minimum atomic E-state index is -3.48. The van der Waals surface area contributed by atoms with Crippen molar-refractivity contribution in [3.63, 3.8) is 0 Å². The zero-order chi connectivity index (χ0) is 35.8. The highest BCUT2D eigenvalue weighted by atomic mass is 32.2. The molecule has 7 nitrogen and oxygen atoms in total. The Balaban J connectivity index is 0.995. The van der Waals surface area contributed by atoms with E-state index in [2.05, 4.69) is 70.5 Å². The first-order valence-electron chi connectivity index (χ1n) is 17.3. The number of ether oxygens (including phenoxy) is 2. The number of sulfonamides is 1. The van der Waals surface area contributed by atoms with Crippen molar-refractivity contribution in [1.29, 1.82) is 0 Å². The van der Waals surface area contributed by atoms with Crippen LogP contribution < -0.4 is 19.1 Å². The SMILES string of the molecule is CS(=O)(=O)N(Cc1ccccc1)c1cccc([CH][CH]NCCOc2ccc3c4cc(OCc5ccccc5)ccc4n(Cc4ccccc4)c3c2)c1. The number of hydrogen-bond donors (Lipinski definition) is 1. The van der Waals surface area contributed by atoms with Gasteiger partial charge in [0.25, 0.3) is 0 Å². The lowest BCUT2D eigenvalue weighted by atomic mass is 10.1. The molecule has 0 saturated heterocycles. The lowest BCUT2D eigenvalue weighted by Gasteiger charge is -2.23. The van der Waals surface area contributed by atoms with Gasteiger partial charge in [0.1, 0.15) is 24.7 Å². The molecule has 52 heavy (non-hydrogen) atoms. The number of nitrogens with one attached hydrogen (secondary N) is 1. The van der Waals surface area contributed by atoms with Gasteiger partial charge >= 0.3 is 0 Å². The molecule has 0 unspecified atom stereocenters. The second kappa shape index (κ2) is 16.2. The number of nitrogens with zero attached hydrogens (tertiary/aromatic N) is 2. The number of anilines is 1. The van der Waals surface area contributed by atoms with E-state index in [0.29, 0.717) is 25.4 Å². The molecular formula is C44H41N3O4S. The van der Waals surface area contributed by atoms with Crippen molar-refractivity contribution in [1.82, 2.24) is 9.88 Å². The first-order chi connectivity index (χ1) is 25.4. The van der Waals surface area contributed by atoms with Crippen molar-refractivity contribution >= 4 is 37.5 Å². The van der Waals surface area contributed by atoms with E-state index in [1.807, 2.05) is 104 Å². The summed E-state index contributed by atoms with van der Waals surface area (Å²) in [5.41, 5.74) is 7.01. The quantitative estimate of drug-likeness (QED) is 0.102. The molecule has 1 aromatic heterocycles. The van der Waals surface area contributed by atoms with E-state index in [0.717, 1.165) is 56.5 Å². The average molecular weight is 708 g/mol. The second-order valence-corrected chi connectivity index (χ2v) is 14.6. The zero-order valence-electron chi connectivity index (χ0n) is 29.1. The van der Waals surface area contributed by atoms with Crippen LogP contribution in [0.5, 0.6) is 11.5 Å². The molecule has 8 heteroatoms. The maximum absolute atomic E-state index is 12.7. The molecular weight excluding hydrogens is 667 g/mol. The smallest absolute Gasteiger partial charge is 0.232 e. The molecule has 0 bridgehead atoms. The summed E-state index contributed by atoms with van der Waals surface area (Å²) >= 11 is 0. The van der Waals surface area contributed by atoms with E-state index in [-0.39, 0.29) is 6.54 Å². The lowest BCUT2D eigenvalue weighted by molar-refractivity contribution is 0.306. The predicted molar refractivity (Wildman–Crippen MR) is 211 cm³/mol. The van der Waals surface area contributed by atoms with E-state index < -0.39 is 10.0 Å². The van der Waals surface area contributed by atoms with Crippen LogP contribution in [0.25, 0.3) is 21.8 Å². The molecule has 0 aliphatic rings. The molecule has 0 fully saturated rings. The largest absolute Gasteiger partial charge is 0.492 e. The highest BCUT2D eigenvalue weighted by Gasteiger charge is 2.18. The van der Waals surface area contributed by atoms with Crippen LogP contribution in [0.3, 0.4) is 0 Å². The van der Waals surface area contributed by atoms with Crippen LogP contribution in [0.1, 0.15) is 22.3 Å². The number of benzene rings is 6. The number of aromatic nitrogens is 1. The zero-order valence-corrected chi connectivity index (χ0v) is 29.9. The fraction of sp³-hybridized carbons (Fsp3) is 0.136. The third-order valence-corrected chi connectivity index (χ3v) is 10.0. The summed E-state index contributed by atoms with van der Waals surface area (Å²) in [6.07, 6.45) is 3.16. The molecule has 1 heterocycles. The van der Waals surface area contributed by atoms with Gasteiger partial charge in [-0.05, 0) is 64.7 Å². The predicted octanol–water partition coefficient (Wildman–Crippen LogP) is 8.77. The number of fused-ring (bicyclic) bond motifs is 3.